The number of aromatic nitrogens is 2. The smallest absolute Gasteiger partial charge is 0.370 e. The highest BCUT2D eigenvalue weighted by Crippen LogP contribution is 2.26. The van der Waals surface area contributed by atoms with Gasteiger partial charge in [0.1, 0.15) is 16.8 Å². The molecule has 1 N–H and O–H groups in total. The van der Waals surface area contributed by atoms with Crippen LogP contribution in [0.15, 0.2) is 0 Å². The first-order chi connectivity index (χ1) is 9.50. The van der Waals surface area contributed by atoms with E-state index in [0.29, 0.717) is 35.3 Å². The van der Waals surface area contributed by atoms with Crippen LogP contribution in [0, 0.1) is 6.92 Å². The van der Waals surface area contributed by atoms with E-state index >= 15 is 0 Å². The van der Waals surface area contributed by atoms with Crippen LogP contribution in [0.1, 0.15) is 51.4 Å². The van der Waals surface area contributed by atoms with Crippen molar-refractivity contribution in [3.63, 3.8) is 0 Å². The summed E-state index contributed by atoms with van der Waals surface area (Å²) in [5, 5.41) is 3.42. The summed E-state index contributed by atoms with van der Waals surface area (Å²) in [6.07, 6.45) is -4.33. The van der Waals surface area contributed by atoms with Crippen molar-refractivity contribution < 1.29 is 13.2 Å². The van der Waals surface area contributed by atoms with E-state index in [1.165, 1.54) is 0 Å². The third kappa shape index (κ3) is 6.08. The highest BCUT2D eigenvalue weighted by Gasteiger charge is 2.25. The zero-order chi connectivity index (χ0) is 16.3. The molecule has 0 aliphatic rings. The molecule has 0 fully saturated rings. The third-order valence-corrected chi connectivity index (χ3v) is 3.30. The maximum Gasteiger partial charge on any atom is 0.389 e. The summed E-state index contributed by atoms with van der Waals surface area (Å²) >= 11 is 6.09. The second-order valence-corrected chi connectivity index (χ2v) is 6.42. The van der Waals surface area contributed by atoms with Crippen molar-refractivity contribution in [3.8, 4) is 0 Å². The Bertz CT molecular complexity index is 482. The molecule has 0 amide bonds. The maximum absolute atomic E-state index is 12.0. The van der Waals surface area contributed by atoms with Crippen LogP contribution in [0.3, 0.4) is 0 Å². The minimum atomic E-state index is -4.09. The molecule has 120 valence electrons. The molecule has 0 saturated heterocycles. The van der Waals surface area contributed by atoms with Crippen molar-refractivity contribution in [1.82, 2.24) is 9.97 Å². The van der Waals surface area contributed by atoms with Crippen LogP contribution in [0.25, 0.3) is 0 Å². The summed E-state index contributed by atoms with van der Waals surface area (Å²) in [4.78, 5) is 8.67. The minimum Gasteiger partial charge on any atom is -0.370 e. The van der Waals surface area contributed by atoms with E-state index in [9.17, 15) is 13.2 Å². The number of unbranched alkanes of at least 4 members (excludes halogenated alkanes) is 1. The quantitative estimate of drug-likeness (QED) is 0.620. The molecule has 0 radical (unpaired) electrons. The normalized spacial score (nSPS) is 12.6. The lowest BCUT2D eigenvalue weighted by molar-refractivity contribution is -0.135. The van der Waals surface area contributed by atoms with Crippen LogP contribution in [0.5, 0.6) is 0 Å². The Hall–Kier alpha value is -1.04. The molecule has 3 nitrogen and oxygen atoms in total. The average Bonchev–Trinajstić information content (AvgIpc) is 2.30. The Balaban J connectivity index is 2.65. The number of hydrogen-bond acceptors (Lipinski definition) is 3. The van der Waals surface area contributed by atoms with Crippen molar-refractivity contribution in [2.75, 3.05) is 11.9 Å². The lowest BCUT2D eigenvalue weighted by atomic mass is 9.95. The number of rotatable bonds is 5. The Morgan fingerprint density at radius 3 is 2.24 bits per heavy atom. The predicted octanol–water partition coefficient (Wildman–Crippen LogP) is 4.88. The summed E-state index contributed by atoms with van der Waals surface area (Å²) in [7, 11) is 0. The molecule has 0 bridgehead atoms. The number of hydrogen-bond donors (Lipinski definition) is 1. The molecule has 1 rings (SSSR count). The van der Waals surface area contributed by atoms with Gasteiger partial charge in [-0.05, 0) is 19.8 Å². The van der Waals surface area contributed by atoms with Gasteiger partial charge in [0.05, 0.1) is 0 Å². The van der Waals surface area contributed by atoms with Gasteiger partial charge in [-0.25, -0.2) is 9.97 Å². The zero-order valence-corrected chi connectivity index (χ0v) is 13.5. The van der Waals surface area contributed by atoms with Crippen molar-refractivity contribution in [2.24, 2.45) is 0 Å². The van der Waals surface area contributed by atoms with Gasteiger partial charge in [0.15, 0.2) is 0 Å². The maximum atomic E-state index is 12.0. The fourth-order valence-corrected chi connectivity index (χ4v) is 1.82. The molecule has 0 aliphatic heterocycles. The van der Waals surface area contributed by atoms with Gasteiger partial charge in [0.2, 0.25) is 0 Å². The molecule has 0 spiro atoms. The largest absolute Gasteiger partial charge is 0.389 e. The highest BCUT2D eigenvalue weighted by molar-refractivity contribution is 6.30. The monoisotopic (exact) mass is 323 g/mol. The summed E-state index contributed by atoms with van der Waals surface area (Å²) in [6, 6.07) is 0. The molecule has 21 heavy (non-hydrogen) atoms. The molecule has 0 aromatic carbocycles. The molecule has 1 heterocycles. The van der Waals surface area contributed by atoms with Crippen LogP contribution in [-0.2, 0) is 5.41 Å². The Labute approximate surface area is 128 Å². The van der Waals surface area contributed by atoms with Crippen molar-refractivity contribution >= 4 is 17.4 Å². The van der Waals surface area contributed by atoms with Crippen LogP contribution < -0.4 is 5.32 Å². The minimum absolute atomic E-state index is 0.0977. The number of nitrogens with zero attached hydrogens (tertiary/aromatic N) is 2. The van der Waals surface area contributed by atoms with E-state index in [0.717, 1.165) is 0 Å². The highest BCUT2D eigenvalue weighted by atomic mass is 35.5. The van der Waals surface area contributed by atoms with Crippen LogP contribution in [0.2, 0.25) is 5.15 Å². The van der Waals surface area contributed by atoms with Gasteiger partial charge in [-0.1, -0.05) is 32.4 Å². The number of nitrogens with one attached hydrogen (secondary N) is 1. The number of alkyl halides is 3. The Morgan fingerprint density at radius 1 is 1.10 bits per heavy atom. The third-order valence-electron chi connectivity index (χ3n) is 2.94. The van der Waals surface area contributed by atoms with Crippen LogP contribution in [-0.4, -0.2) is 22.7 Å². The fourth-order valence-electron chi connectivity index (χ4n) is 1.65. The van der Waals surface area contributed by atoms with Crippen molar-refractivity contribution in [2.45, 2.75) is 58.5 Å². The van der Waals surface area contributed by atoms with E-state index < -0.39 is 12.6 Å². The van der Waals surface area contributed by atoms with Crippen molar-refractivity contribution in [3.05, 3.63) is 16.5 Å². The first-order valence-corrected chi connectivity index (χ1v) is 7.24. The molecular formula is C14H21ClF3N3. The van der Waals surface area contributed by atoms with Gasteiger partial charge < -0.3 is 5.32 Å². The second-order valence-electron chi connectivity index (χ2n) is 6.06. The molecule has 0 atom stereocenters. The van der Waals surface area contributed by atoms with Crippen LogP contribution in [0.4, 0.5) is 19.0 Å². The van der Waals surface area contributed by atoms with E-state index in [-0.39, 0.29) is 11.8 Å². The topological polar surface area (TPSA) is 37.8 Å². The lowest BCUT2D eigenvalue weighted by Gasteiger charge is -2.19. The van der Waals surface area contributed by atoms with Gasteiger partial charge in [-0.2, -0.15) is 13.2 Å². The number of anilines is 1. The average molecular weight is 324 g/mol. The summed E-state index contributed by atoms with van der Waals surface area (Å²) in [5.41, 5.74) is 0.463. The Morgan fingerprint density at radius 2 is 1.71 bits per heavy atom. The van der Waals surface area contributed by atoms with Gasteiger partial charge in [-0.15, -0.1) is 0 Å². The molecule has 7 heteroatoms. The SMILES string of the molecule is Cc1c(Cl)nc(C(C)(C)C)nc1NCCCCC(F)(F)F. The van der Waals surface area contributed by atoms with E-state index in [1.54, 1.807) is 6.92 Å². The molecule has 0 saturated carbocycles. The summed E-state index contributed by atoms with van der Waals surface area (Å²) in [6.45, 7) is 8.13. The van der Waals surface area contributed by atoms with Gasteiger partial charge in [-0.3, -0.25) is 0 Å². The molecule has 1 aromatic rings. The molecule has 1 aromatic heterocycles. The Kier molecular flexibility index (Phi) is 5.84. The van der Waals surface area contributed by atoms with Crippen LogP contribution >= 0.6 is 11.6 Å². The van der Waals surface area contributed by atoms with Gasteiger partial charge >= 0.3 is 6.18 Å². The van der Waals surface area contributed by atoms with E-state index in [4.69, 9.17) is 11.6 Å². The van der Waals surface area contributed by atoms with E-state index in [2.05, 4.69) is 15.3 Å². The zero-order valence-electron chi connectivity index (χ0n) is 12.7. The number of halogens is 4. The fraction of sp³-hybridized carbons (Fsp3) is 0.714. The van der Waals surface area contributed by atoms with Gasteiger partial charge in [0.25, 0.3) is 0 Å². The molecular weight excluding hydrogens is 303 g/mol. The lowest BCUT2D eigenvalue weighted by Crippen LogP contribution is -2.18. The molecule has 0 unspecified atom stereocenters. The first kappa shape index (κ1) is 18.0. The first-order valence-electron chi connectivity index (χ1n) is 6.86. The second kappa shape index (κ2) is 6.81. The van der Waals surface area contributed by atoms with E-state index in [1.807, 2.05) is 20.8 Å². The standard InChI is InChI=1S/C14H21ClF3N3/c1-9-10(15)20-12(13(2,3)4)21-11(9)19-8-6-5-7-14(16,17)18/h5-8H2,1-4H3,(H,19,20,21). The van der Waals surface area contributed by atoms with Gasteiger partial charge in [0, 0.05) is 23.9 Å². The van der Waals surface area contributed by atoms with Crippen molar-refractivity contribution in [1.29, 1.82) is 0 Å². The predicted molar refractivity (Wildman–Crippen MR) is 78.9 cm³/mol. The summed E-state index contributed by atoms with van der Waals surface area (Å²) in [5.74, 6) is 1.20. The molecule has 0 aliphatic carbocycles. The summed E-state index contributed by atoms with van der Waals surface area (Å²) < 4.78 is 36.1.